The second-order valence-corrected chi connectivity index (χ2v) is 9.80. The number of nitrogens with two attached hydrogens (primary N) is 1. The summed E-state index contributed by atoms with van der Waals surface area (Å²) in [4.78, 5) is 20.1. The van der Waals surface area contributed by atoms with Crippen molar-refractivity contribution in [3.05, 3.63) is 34.9 Å². The highest BCUT2D eigenvalue weighted by atomic mass is 16.5. The summed E-state index contributed by atoms with van der Waals surface area (Å²) >= 11 is 0. The van der Waals surface area contributed by atoms with Crippen molar-refractivity contribution in [1.29, 1.82) is 0 Å². The highest BCUT2D eigenvalue weighted by Crippen LogP contribution is 2.61. The van der Waals surface area contributed by atoms with Gasteiger partial charge in [-0.2, -0.15) is 0 Å². The van der Waals surface area contributed by atoms with Crippen LogP contribution in [0.15, 0.2) is 23.2 Å². The number of amides is 1. The summed E-state index contributed by atoms with van der Waals surface area (Å²) < 4.78 is 5.60. The molecule has 3 N–H and O–H groups in total. The Morgan fingerprint density at radius 2 is 1.94 bits per heavy atom. The molecule has 1 heterocycles. The number of likely N-dealkylation sites (N-methyl/N-ethyl adjacent to an activating group) is 1. The Kier molecular flexibility index (Phi) is 4.69. The Labute approximate surface area is 183 Å². The number of carbonyl (C=O) groups excluding carboxylic acids is 1. The third-order valence-electron chi connectivity index (χ3n) is 8.13. The fourth-order valence-corrected chi connectivity index (χ4v) is 6.28. The molecule has 2 fully saturated rings. The smallest absolute Gasteiger partial charge is 0.262 e. The summed E-state index contributed by atoms with van der Waals surface area (Å²) in [5, 5.41) is 10.6. The van der Waals surface area contributed by atoms with E-state index in [0.717, 1.165) is 74.5 Å². The number of carbonyl (C=O) groups is 1. The van der Waals surface area contributed by atoms with Crippen molar-refractivity contribution in [3.8, 4) is 11.8 Å². The van der Waals surface area contributed by atoms with Crippen LogP contribution in [0.1, 0.15) is 68.1 Å². The molecule has 164 valence electrons. The lowest BCUT2D eigenvalue weighted by Crippen LogP contribution is -2.51. The molecule has 4 aliphatic rings. The molecule has 0 saturated heterocycles. The van der Waals surface area contributed by atoms with Crippen molar-refractivity contribution >= 4 is 11.9 Å². The van der Waals surface area contributed by atoms with E-state index in [0.29, 0.717) is 0 Å². The first-order valence-corrected chi connectivity index (χ1v) is 11.4. The minimum absolute atomic E-state index is 0.0425. The lowest BCUT2D eigenvalue weighted by molar-refractivity contribution is -0.137. The Hall–Kier alpha value is -2.36. The monoisotopic (exact) mass is 421 g/mol. The molecule has 0 radical (unpaired) electrons. The van der Waals surface area contributed by atoms with E-state index < -0.39 is 11.1 Å². The molecule has 1 aliphatic heterocycles. The van der Waals surface area contributed by atoms with Crippen molar-refractivity contribution in [3.63, 3.8) is 0 Å². The largest absolute Gasteiger partial charge is 0.381 e. The van der Waals surface area contributed by atoms with Gasteiger partial charge in [-0.1, -0.05) is 17.9 Å². The van der Waals surface area contributed by atoms with Gasteiger partial charge in [0.15, 0.2) is 11.5 Å². The second kappa shape index (κ2) is 7.08. The van der Waals surface area contributed by atoms with Gasteiger partial charge in [0.05, 0.1) is 6.10 Å². The lowest BCUT2D eigenvalue weighted by Gasteiger charge is -2.45. The van der Waals surface area contributed by atoms with Gasteiger partial charge >= 0.3 is 0 Å². The molecule has 0 aromatic heterocycles. The number of benzene rings is 1. The van der Waals surface area contributed by atoms with Gasteiger partial charge in [-0.15, -0.1) is 0 Å². The first-order chi connectivity index (χ1) is 14.8. The predicted octanol–water partition coefficient (Wildman–Crippen LogP) is 2.46. The lowest BCUT2D eigenvalue weighted by atomic mass is 9.61. The minimum Gasteiger partial charge on any atom is -0.381 e. The zero-order chi connectivity index (χ0) is 21.9. The van der Waals surface area contributed by atoms with E-state index in [-0.39, 0.29) is 23.4 Å². The molecule has 1 unspecified atom stereocenters. The van der Waals surface area contributed by atoms with Gasteiger partial charge in [-0.05, 0) is 81.0 Å². The molecule has 2 saturated carbocycles. The maximum atomic E-state index is 13.7. The first-order valence-electron chi connectivity index (χ1n) is 11.4. The number of hydrogen-bond acceptors (Lipinski definition) is 5. The number of aliphatic hydroxyl groups is 1. The van der Waals surface area contributed by atoms with Crippen LogP contribution in [-0.2, 0) is 21.5 Å². The van der Waals surface area contributed by atoms with Gasteiger partial charge in [0.1, 0.15) is 5.60 Å². The van der Waals surface area contributed by atoms with Crippen LogP contribution >= 0.6 is 0 Å². The molecule has 3 aliphatic carbocycles. The predicted molar refractivity (Wildman–Crippen MR) is 118 cm³/mol. The van der Waals surface area contributed by atoms with E-state index >= 15 is 0 Å². The molecule has 6 nitrogen and oxygen atoms in total. The molecule has 1 aromatic carbocycles. The number of ether oxygens (including phenoxy) is 1. The van der Waals surface area contributed by atoms with Crippen molar-refractivity contribution in [2.45, 2.75) is 75.0 Å². The third kappa shape index (κ3) is 2.94. The Morgan fingerprint density at radius 1 is 1.23 bits per heavy atom. The van der Waals surface area contributed by atoms with Crippen molar-refractivity contribution in [2.75, 3.05) is 14.2 Å². The average molecular weight is 422 g/mol. The fourth-order valence-electron chi connectivity index (χ4n) is 6.28. The van der Waals surface area contributed by atoms with Gasteiger partial charge < -0.3 is 15.6 Å². The molecule has 5 rings (SSSR count). The maximum absolute atomic E-state index is 13.7. The summed E-state index contributed by atoms with van der Waals surface area (Å²) in [5.41, 5.74) is 6.94. The molecule has 1 atom stereocenters. The maximum Gasteiger partial charge on any atom is 0.262 e. The van der Waals surface area contributed by atoms with E-state index in [9.17, 15) is 9.90 Å². The van der Waals surface area contributed by atoms with Gasteiger partial charge in [0.25, 0.3) is 5.91 Å². The highest BCUT2D eigenvalue weighted by molar-refractivity contribution is 6.08. The highest BCUT2D eigenvalue weighted by Gasteiger charge is 2.66. The molecular formula is C25H31N3O3. The third-order valence-corrected chi connectivity index (χ3v) is 8.13. The number of rotatable bonds is 1. The van der Waals surface area contributed by atoms with E-state index in [4.69, 9.17) is 15.5 Å². The number of methoxy groups -OCH3 is 1. The molecule has 1 aromatic rings. The average Bonchev–Trinajstić information content (AvgIpc) is 3.39. The summed E-state index contributed by atoms with van der Waals surface area (Å²) in [7, 11) is 3.47. The van der Waals surface area contributed by atoms with E-state index in [2.05, 4.69) is 17.9 Å². The molecular weight excluding hydrogens is 390 g/mol. The zero-order valence-corrected chi connectivity index (χ0v) is 18.4. The molecule has 1 amide bonds. The quantitative estimate of drug-likeness (QED) is 0.682. The topological polar surface area (TPSA) is 88.2 Å². The van der Waals surface area contributed by atoms with E-state index in [1.165, 1.54) is 4.90 Å². The van der Waals surface area contributed by atoms with Gasteiger partial charge in [0.2, 0.25) is 0 Å². The Balaban J connectivity index is 1.59. The van der Waals surface area contributed by atoms with E-state index in [1.54, 1.807) is 14.2 Å². The molecule has 0 bridgehead atoms. The first kappa shape index (κ1) is 20.5. The van der Waals surface area contributed by atoms with Crippen LogP contribution < -0.4 is 5.73 Å². The Bertz CT molecular complexity index is 1010. The summed E-state index contributed by atoms with van der Waals surface area (Å²) in [6.45, 7) is 0. The minimum atomic E-state index is -0.984. The van der Waals surface area contributed by atoms with Crippen molar-refractivity contribution in [1.82, 2.24) is 4.90 Å². The normalized spacial score (nSPS) is 33.5. The second-order valence-electron chi connectivity index (χ2n) is 9.80. The number of nitrogens with zero attached hydrogens (tertiary/aromatic N) is 2. The van der Waals surface area contributed by atoms with Gasteiger partial charge in [0, 0.05) is 25.1 Å². The van der Waals surface area contributed by atoms with Gasteiger partial charge in [-0.25, -0.2) is 4.99 Å². The van der Waals surface area contributed by atoms with Crippen LogP contribution in [0.5, 0.6) is 0 Å². The summed E-state index contributed by atoms with van der Waals surface area (Å²) in [6, 6.07) is 6.12. The number of aliphatic imine (C=N–C) groups is 1. The van der Waals surface area contributed by atoms with Crippen LogP contribution in [0.4, 0.5) is 0 Å². The van der Waals surface area contributed by atoms with Crippen LogP contribution in [-0.4, -0.2) is 47.7 Å². The van der Waals surface area contributed by atoms with Crippen LogP contribution in [0.3, 0.4) is 0 Å². The van der Waals surface area contributed by atoms with Gasteiger partial charge in [-0.3, -0.25) is 9.69 Å². The number of hydrogen-bond donors (Lipinski definition) is 2. The fraction of sp³-hybridized carbons (Fsp3) is 0.600. The van der Waals surface area contributed by atoms with Crippen molar-refractivity contribution in [2.24, 2.45) is 16.1 Å². The SMILES string of the molecule is COC1CCC2(CC1)Cc1ccc(C#CC3(O)CCCC3)cc1C21N=C(N)N(C)C1=O. The summed E-state index contributed by atoms with van der Waals surface area (Å²) in [5.74, 6) is 6.51. The van der Waals surface area contributed by atoms with E-state index in [1.807, 2.05) is 12.1 Å². The van der Waals surface area contributed by atoms with Crippen LogP contribution in [0.25, 0.3) is 0 Å². The number of guanidine groups is 1. The van der Waals surface area contributed by atoms with Crippen LogP contribution in [0.2, 0.25) is 0 Å². The standard InChI is InChI=1S/C25H31N3O3/c1-28-21(29)25(27-22(28)26)20-15-17(7-14-24(30)10-3-4-11-24)5-6-18(20)16-23(25)12-8-19(31-2)9-13-23/h5-6,15,19,30H,3-4,8-13,16H2,1-2H3,(H2,26,27). The zero-order valence-electron chi connectivity index (χ0n) is 18.4. The summed E-state index contributed by atoms with van der Waals surface area (Å²) in [6.07, 6.45) is 8.09. The molecule has 6 heteroatoms. The molecule has 31 heavy (non-hydrogen) atoms. The van der Waals surface area contributed by atoms with Crippen LogP contribution in [0, 0.1) is 17.3 Å². The molecule has 2 spiro atoms. The Morgan fingerprint density at radius 3 is 2.55 bits per heavy atom. The van der Waals surface area contributed by atoms with Crippen molar-refractivity contribution < 1.29 is 14.6 Å². The number of fused-ring (bicyclic) bond motifs is 3.